The fourth-order valence-corrected chi connectivity index (χ4v) is 4.26. The molecule has 2 heterocycles. The van der Waals surface area contributed by atoms with Crippen LogP contribution in [0.5, 0.6) is 0 Å². The number of esters is 1. The fraction of sp³-hybridized carbons (Fsp3) is 0.346. The predicted octanol–water partition coefficient (Wildman–Crippen LogP) is 4.42. The van der Waals surface area contributed by atoms with Gasteiger partial charge in [-0.25, -0.2) is 4.79 Å². The van der Waals surface area contributed by atoms with E-state index in [1.54, 1.807) is 0 Å². The summed E-state index contributed by atoms with van der Waals surface area (Å²) in [5.74, 6) is -0.832. The molecule has 6 heteroatoms. The molecule has 2 aromatic carbocycles. The molecule has 1 aliphatic heterocycles. The van der Waals surface area contributed by atoms with E-state index < -0.39 is 5.97 Å². The van der Waals surface area contributed by atoms with E-state index in [1.165, 1.54) is 0 Å². The third-order valence-corrected chi connectivity index (χ3v) is 6.08. The minimum atomic E-state index is -0.477. The number of ether oxygens (including phenoxy) is 1. The first kappa shape index (κ1) is 22.0. The number of para-hydroxylation sites is 1. The van der Waals surface area contributed by atoms with Crippen molar-refractivity contribution in [2.75, 3.05) is 25.0 Å². The highest BCUT2D eigenvalue weighted by Crippen LogP contribution is 2.29. The van der Waals surface area contributed by atoms with E-state index in [2.05, 4.69) is 17.1 Å². The van der Waals surface area contributed by atoms with Crippen molar-refractivity contribution in [3.63, 3.8) is 0 Å². The van der Waals surface area contributed by atoms with E-state index in [0.29, 0.717) is 12.1 Å². The van der Waals surface area contributed by atoms with E-state index in [-0.39, 0.29) is 12.5 Å². The highest BCUT2D eigenvalue weighted by molar-refractivity contribution is 6.06. The molecule has 0 saturated carbocycles. The zero-order chi connectivity index (χ0) is 22.7. The van der Waals surface area contributed by atoms with Gasteiger partial charge in [-0.1, -0.05) is 37.3 Å². The summed E-state index contributed by atoms with van der Waals surface area (Å²) >= 11 is 0. The summed E-state index contributed by atoms with van der Waals surface area (Å²) in [7, 11) is 0. The summed E-state index contributed by atoms with van der Waals surface area (Å²) in [6.45, 7) is 8.32. The molecule has 1 aliphatic rings. The van der Waals surface area contributed by atoms with Crippen LogP contribution >= 0.6 is 0 Å². The highest BCUT2D eigenvalue weighted by Gasteiger charge is 2.26. The lowest BCUT2D eigenvalue weighted by Gasteiger charge is -2.29. The van der Waals surface area contributed by atoms with Gasteiger partial charge in [-0.2, -0.15) is 0 Å². The largest absolute Gasteiger partial charge is 0.452 e. The summed E-state index contributed by atoms with van der Waals surface area (Å²) < 4.78 is 5.50. The van der Waals surface area contributed by atoms with E-state index in [1.807, 2.05) is 56.3 Å². The van der Waals surface area contributed by atoms with Crippen molar-refractivity contribution >= 4 is 28.5 Å². The number of nitrogens with zero attached hydrogens (tertiary/aromatic N) is 2. The van der Waals surface area contributed by atoms with Gasteiger partial charge in [0.15, 0.2) is 6.61 Å². The quantitative estimate of drug-likeness (QED) is 0.585. The van der Waals surface area contributed by atoms with Crippen molar-refractivity contribution in [1.82, 2.24) is 9.88 Å². The number of nitrogens with one attached hydrogen (secondary N) is 1. The van der Waals surface area contributed by atoms with Crippen LogP contribution in [0.1, 0.15) is 46.1 Å². The standard InChI is InChI=1S/C26H29N3O3/c1-4-13-29-14-12-23-20(15-29)25(19-9-5-6-10-22(19)27-23)26(31)32-16-24(30)28-21-11-7-8-17(2)18(21)3/h5-11H,4,12-16H2,1-3H3,(H,28,30). The Labute approximate surface area is 188 Å². The Morgan fingerprint density at radius 3 is 2.75 bits per heavy atom. The summed E-state index contributed by atoms with van der Waals surface area (Å²) in [4.78, 5) is 32.9. The van der Waals surface area contributed by atoms with Gasteiger partial charge in [0.25, 0.3) is 5.91 Å². The van der Waals surface area contributed by atoms with Crippen molar-refractivity contribution in [2.45, 2.75) is 40.2 Å². The van der Waals surface area contributed by atoms with Gasteiger partial charge in [0, 0.05) is 41.8 Å². The molecule has 1 amide bonds. The average Bonchev–Trinajstić information content (AvgIpc) is 2.79. The minimum absolute atomic E-state index is 0.337. The van der Waals surface area contributed by atoms with Gasteiger partial charge < -0.3 is 10.1 Å². The Kier molecular flexibility index (Phi) is 6.51. The Bertz CT molecular complexity index is 1170. The van der Waals surface area contributed by atoms with Crippen LogP contribution in [-0.4, -0.2) is 41.5 Å². The van der Waals surface area contributed by atoms with Crippen molar-refractivity contribution in [2.24, 2.45) is 0 Å². The van der Waals surface area contributed by atoms with Gasteiger partial charge in [0.2, 0.25) is 0 Å². The molecule has 0 aliphatic carbocycles. The number of aromatic nitrogens is 1. The molecule has 0 spiro atoms. The molecule has 0 bridgehead atoms. The van der Waals surface area contributed by atoms with Crippen LogP contribution in [0, 0.1) is 13.8 Å². The normalized spacial score (nSPS) is 13.6. The predicted molar refractivity (Wildman–Crippen MR) is 126 cm³/mol. The van der Waals surface area contributed by atoms with E-state index in [4.69, 9.17) is 9.72 Å². The monoisotopic (exact) mass is 431 g/mol. The lowest BCUT2D eigenvalue weighted by molar-refractivity contribution is -0.119. The number of fused-ring (bicyclic) bond motifs is 2. The maximum atomic E-state index is 13.2. The van der Waals surface area contributed by atoms with Crippen LogP contribution in [0.4, 0.5) is 5.69 Å². The van der Waals surface area contributed by atoms with Gasteiger partial charge >= 0.3 is 5.97 Å². The molecular weight excluding hydrogens is 402 g/mol. The average molecular weight is 432 g/mol. The molecule has 0 radical (unpaired) electrons. The number of carbonyl (C=O) groups is 2. The van der Waals surface area contributed by atoms with Crippen molar-refractivity contribution in [3.05, 3.63) is 70.4 Å². The van der Waals surface area contributed by atoms with Gasteiger partial charge in [0.05, 0.1) is 11.1 Å². The first-order chi connectivity index (χ1) is 15.5. The van der Waals surface area contributed by atoms with E-state index in [0.717, 1.165) is 64.9 Å². The molecule has 1 aromatic heterocycles. The summed E-state index contributed by atoms with van der Waals surface area (Å²) in [5.41, 5.74) is 6.00. The third-order valence-electron chi connectivity index (χ3n) is 6.08. The second-order valence-electron chi connectivity index (χ2n) is 8.33. The number of hydrogen-bond donors (Lipinski definition) is 1. The minimum Gasteiger partial charge on any atom is -0.452 e. The SMILES string of the molecule is CCCN1CCc2nc3ccccc3c(C(=O)OCC(=O)Nc3cccc(C)c3C)c2C1. The smallest absolute Gasteiger partial charge is 0.339 e. The highest BCUT2D eigenvalue weighted by atomic mass is 16.5. The Balaban J connectivity index is 1.57. The lowest BCUT2D eigenvalue weighted by atomic mass is 9.95. The first-order valence-corrected chi connectivity index (χ1v) is 11.1. The molecule has 4 rings (SSSR count). The molecule has 0 saturated heterocycles. The summed E-state index contributed by atoms with van der Waals surface area (Å²) in [5, 5.41) is 3.61. The molecule has 1 N–H and O–H groups in total. The Morgan fingerprint density at radius 1 is 1.12 bits per heavy atom. The van der Waals surface area contributed by atoms with Crippen molar-refractivity contribution in [1.29, 1.82) is 0 Å². The summed E-state index contributed by atoms with van der Waals surface area (Å²) in [6, 6.07) is 13.4. The Hall–Kier alpha value is -3.25. The zero-order valence-corrected chi connectivity index (χ0v) is 18.9. The molecule has 32 heavy (non-hydrogen) atoms. The zero-order valence-electron chi connectivity index (χ0n) is 18.9. The molecular formula is C26H29N3O3. The molecule has 3 aromatic rings. The number of benzene rings is 2. The second-order valence-corrected chi connectivity index (χ2v) is 8.33. The number of rotatable bonds is 6. The van der Waals surface area contributed by atoms with Crippen LogP contribution in [0.2, 0.25) is 0 Å². The number of anilines is 1. The number of pyridine rings is 1. The van der Waals surface area contributed by atoms with Gasteiger partial charge in [0.1, 0.15) is 0 Å². The summed E-state index contributed by atoms with van der Waals surface area (Å²) in [6.07, 6.45) is 1.85. The molecule has 0 fully saturated rings. The van der Waals surface area contributed by atoms with E-state index >= 15 is 0 Å². The van der Waals surface area contributed by atoms with Gasteiger partial charge in [-0.05, 0) is 50.1 Å². The van der Waals surface area contributed by atoms with Crippen LogP contribution in [0.25, 0.3) is 10.9 Å². The number of aryl methyl sites for hydroxylation is 1. The van der Waals surface area contributed by atoms with Crippen LogP contribution in [0.15, 0.2) is 42.5 Å². The maximum Gasteiger partial charge on any atom is 0.339 e. The first-order valence-electron chi connectivity index (χ1n) is 11.1. The molecule has 0 unspecified atom stereocenters. The molecule has 6 nitrogen and oxygen atoms in total. The van der Waals surface area contributed by atoms with Crippen LogP contribution < -0.4 is 5.32 Å². The topological polar surface area (TPSA) is 71.5 Å². The van der Waals surface area contributed by atoms with Crippen LogP contribution in [0.3, 0.4) is 0 Å². The van der Waals surface area contributed by atoms with Gasteiger partial charge in [-0.3, -0.25) is 14.7 Å². The van der Waals surface area contributed by atoms with Crippen molar-refractivity contribution in [3.8, 4) is 0 Å². The van der Waals surface area contributed by atoms with E-state index in [9.17, 15) is 9.59 Å². The Morgan fingerprint density at radius 2 is 1.94 bits per heavy atom. The number of hydrogen-bond acceptors (Lipinski definition) is 5. The van der Waals surface area contributed by atoms with Gasteiger partial charge in [-0.15, -0.1) is 0 Å². The number of amides is 1. The molecule has 0 atom stereocenters. The fourth-order valence-electron chi connectivity index (χ4n) is 4.26. The van der Waals surface area contributed by atoms with Crippen molar-refractivity contribution < 1.29 is 14.3 Å². The third kappa shape index (κ3) is 4.50. The van der Waals surface area contributed by atoms with Crippen LogP contribution in [-0.2, 0) is 22.5 Å². The molecule has 166 valence electrons. The second kappa shape index (κ2) is 9.49. The number of carbonyl (C=O) groups excluding carboxylic acids is 2. The maximum absolute atomic E-state index is 13.2. The lowest BCUT2D eigenvalue weighted by Crippen LogP contribution is -2.33.